The van der Waals surface area contributed by atoms with E-state index >= 15 is 0 Å². The first-order chi connectivity index (χ1) is 34.7. The van der Waals surface area contributed by atoms with Gasteiger partial charge in [-0.2, -0.15) is 0 Å². The van der Waals surface area contributed by atoms with Gasteiger partial charge in [0, 0.05) is 32.6 Å². The van der Waals surface area contributed by atoms with Crippen molar-refractivity contribution in [2.75, 3.05) is 20.1 Å². The number of likely N-dealkylation sites (N-methyl/N-ethyl adjacent to an activating group) is 1. The van der Waals surface area contributed by atoms with E-state index in [0.717, 1.165) is 24.2 Å². The van der Waals surface area contributed by atoms with Gasteiger partial charge in [-0.05, 0) is 73.8 Å². The van der Waals surface area contributed by atoms with Crippen LogP contribution < -0.4 is 31.9 Å². The number of nitrogens with zero attached hydrogens (tertiary/aromatic N) is 2. The summed E-state index contributed by atoms with van der Waals surface area (Å²) in [5, 5.41) is 15.1. The van der Waals surface area contributed by atoms with Crippen LogP contribution >= 0.6 is 0 Å². The predicted molar refractivity (Wildman–Crippen MR) is 257 cm³/mol. The smallest absolute Gasteiger partial charge is 0.444 e. The Morgan fingerprint density at radius 2 is 1.38 bits per heavy atom. The summed E-state index contributed by atoms with van der Waals surface area (Å²) >= 11 is 0. The number of alkyl carbamates (subject to hydrolysis) is 2. The van der Waals surface area contributed by atoms with Gasteiger partial charge in [0.25, 0.3) is 5.91 Å². The SMILES string of the molecule is CC[C@H]1NC(=O)c2cccc(c2)CNC(=O)[C@H](CC(=O)OC(C)OC(=O)OC2CCCCC2)NC(=O)CNC(=O)[C@H](CCCN=C(NC(=O)OCc2ccccc2)NC(=O)OCc2ccccc2)N(C)C1=O. The number of esters is 1. The molecule has 7 amide bonds. The number of benzene rings is 3. The monoisotopic (exact) mass is 998 g/mol. The first-order valence-electron chi connectivity index (χ1n) is 23.7. The number of ether oxygens (including phenoxy) is 5. The second-order valence-electron chi connectivity index (χ2n) is 16.9. The Balaban J connectivity index is 1.30. The van der Waals surface area contributed by atoms with Crippen LogP contribution in [0.1, 0.15) is 98.7 Å². The zero-order valence-electron chi connectivity index (χ0n) is 40.5. The van der Waals surface area contributed by atoms with E-state index in [1.165, 1.54) is 26.1 Å². The Bertz CT molecular complexity index is 2320. The highest BCUT2D eigenvalue weighted by Crippen LogP contribution is 2.21. The second-order valence-corrected chi connectivity index (χ2v) is 16.9. The number of hydrogen-bond acceptors (Lipinski definition) is 15. The molecule has 1 unspecified atom stereocenters. The van der Waals surface area contributed by atoms with Gasteiger partial charge in [0.15, 0.2) is 0 Å². The minimum atomic E-state index is -1.56. The molecule has 386 valence electrons. The maximum Gasteiger partial charge on any atom is 0.511 e. The van der Waals surface area contributed by atoms with Crippen molar-refractivity contribution in [3.63, 3.8) is 0 Å². The van der Waals surface area contributed by atoms with Gasteiger partial charge in [0.1, 0.15) is 37.4 Å². The van der Waals surface area contributed by atoms with E-state index in [4.69, 9.17) is 23.7 Å². The molecule has 3 aromatic carbocycles. The van der Waals surface area contributed by atoms with Crippen LogP contribution in [0.3, 0.4) is 0 Å². The quantitative estimate of drug-likeness (QED) is 0.0333. The fourth-order valence-electron chi connectivity index (χ4n) is 7.56. The molecule has 22 nitrogen and oxygen atoms in total. The zero-order chi connectivity index (χ0) is 51.8. The number of carbonyl (C=O) groups excluding carboxylic acids is 9. The maximum absolute atomic E-state index is 14.1. The van der Waals surface area contributed by atoms with Crippen LogP contribution in [-0.4, -0.2) is 115 Å². The molecule has 4 atom stereocenters. The van der Waals surface area contributed by atoms with Crippen molar-refractivity contribution in [2.24, 2.45) is 4.99 Å². The number of amides is 7. The lowest BCUT2D eigenvalue weighted by atomic mass is 9.98. The highest BCUT2D eigenvalue weighted by Gasteiger charge is 2.33. The zero-order valence-corrected chi connectivity index (χ0v) is 40.5. The van der Waals surface area contributed by atoms with Gasteiger partial charge in [-0.1, -0.05) is 86.1 Å². The highest BCUT2D eigenvalue weighted by atomic mass is 16.8. The molecule has 0 radical (unpaired) electrons. The Kier molecular flexibility index (Phi) is 21.8. The molecule has 1 aliphatic heterocycles. The molecule has 2 aliphatic rings. The number of guanidine groups is 1. The van der Waals surface area contributed by atoms with E-state index in [1.54, 1.807) is 79.7 Å². The van der Waals surface area contributed by atoms with Crippen molar-refractivity contribution >= 4 is 59.8 Å². The normalized spacial score (nSPS) is 18.5. The van der Waals surface area contributed by atoms with Gasteiger partial charge in [-0.3, -0.25) is 44.4 Å². The van der Waals surface area contributed by atoms with E-state index in [2.05, 4.69) is 36.9 Å². The van der Waals surface area contributed by atoms with E-state index in [-0.39, 0.29) is 63.2 Å². The minimum absolute atomic E-state index is 0.0492. The summed E-state index contributed by atoms with van der Waals surface area (Å²) in [4.78, 5) is 125. The molecule has 1 fully saturated rings. The molecular formula is C50H62N8O14. The van der Waals surface area contributed by atoms with Crippen LogP contribution in [-0.2, 0) is 67.4 Å². The van der Waals surface area contributed by atoms with Crippen molar-refractivity contribution in [1.82, 2.24) is 36.8 Å². The average Bonchev–Trinajstić information content (AvgIpc) is 3.37. The van der Waals surface area contributed by atoms with Crippen LogP contribution in [0.2, 0.25) is 0 Å². The standard InChI is InChI=1S/C50H62N8O14/c1-4-38-46(64)58(3)40(24-15-25-51-47(56-48(65)68-30-33-16-8-5-9-17-33)57-49(66)69-31-34-18-10-6-11-19-34)45(63)53-29-41(59)54-39(44(62)52-28-35-20-14-21-36(26-35)43(61)55-38)27-42(60)70-32(2)71-50(67)72-37-22-12-7-13-23-37/h5-6,8-11,14,16-21,26,32,37-40H,4,7,12-13,15,22-25,27-31H2,1-3H3,(H,52,62)(H,53,63)(H,54,59)(H,55,61)(H2,51,56,57,65,66)/t32?,38-,39+,40+/m1/s1. The van der Waals surface area contributed by atoms with Crippen LogP contribution in [0.5, 0.6) is 0 Å². The third-order valence-corrected chi connectivity index (χ3v) is 11.4. The van der Waals surface area contributed by atoms with Crippen LogP contribution in [0.15, 0.2) is 89.9 Å². The fourth-order valence-corrected chi connectivity index (χ4v) is 7.56. The van der Waals surface area contributed by atoms with Gasteiger partial charge >= 0.3 is 24.3 Å². The third-order valence-electron chi connectivity index (χ3n) is 11.4. The molecule has 0 spiro atoms. The molecule has 1 aliphatic carbocycles. The summed E-state index contributed by atoms with van der Waals surface area (Å²) in [6.45, 7) is 1.79. The summed E-state index contributed by atoms with van der Waals surface area (Å²) in [5.41, 5.74) is 2.02. The third kappa shape index (κ3) is 18.7. The van der Waals surface area contributed by atoms with Gasteiger partial charge in [-0.25, -0.2) is 14.4 Å². The molecule has 3 aromatic rings. The summed E-state index contributed by atoms with van der Waals surface area (Å²) in [6.07, 6.45) is -1.05. The van der Waals surface area contributed by atoms with Crippen LogP contribution in [0.4, 0.5) is 14.4 Å². The fraction of sp³-hybridized carbons (Fsp3) is 0.440. The first-order valence-corrected chi connectivity index (χ1v) is 23.7. The Labute approximate surface area is 416 Å². The summed E-state index contributed by atoms with van der Waals surface area (Å²) in [6, 6.07) is 20.0. The van der Waals surface area contributed by atoms with Gasteiger partial charge in [-0.15, -0.1) is 0 Å². The summed E-state index contributed by atoms with van der Waals surface area (Å²) in [7, 11) is 1.36. The van der Waals surface area contributed by atoms with Gasteiger partial charge < -0.3 is 49.9 Å². The van der Waals surface area contributed by atoms with E-state index < -0.39 is 91.2 Å². The van der Waals surface area contributed by atoms with Crippen molar-refractivity contribution in [3.05, 3.63) is 107 Å². The van der Waals surface area contributed by atoms with Gasteiger partial charge in [0.05, 0.1) is 13.0 Å². The number of nitrogens with one attached hydrogen (secondary N) is 6. The molecule has 22 heteroatoms. The van der Waals surface area contributed by atoms with E-state index in [1.807, 2.05) is 0 Å². The molecule has 1 heterocycles. The molecule has 5 rings (SSSR count). The Morgan fingerprint density at radius 3 is 2.00 bits per heavy atom. The summed E-state index contributed by atoms with van der Waals surface area (Å²) < 4.78 is 26.3. The molecule has 6 N–H and O–H groups in total. The van der Waals surface area contributed by atoms with Crippen molar-refractivity contribution < 1.29 is 66.8 Å². The topological polar surface area (TPSA) is 288 Å². The molecule has 0 saturated heterocycles. The molecule has 2 bridgehead atoms. The largest absolute Gasteiger partial charge is 0.511 e. The van der Waals surface area contributed by atoms with Crippen molar-refractivity contribution in [1.29, 1.82) is 0 Å². The number of aliphatic imine (C=N–C) groups is 1. The molecular weight excluding hydrogens is 937 g/mol. The molecule has 1 saturated carbocycles. The second kappa shape index (κ2) is 28.6. The van der Waals surface area contributed by atoms with E-state index in [0.29, 0.717) is 29.5 Å². The van der Waals surface area contributed by atoms with Crippen LogP contribution in [0, 0.1) is 0 Å². The lowest BCUT2D eigenvalue weighted by Crippen LogP contribution is -2.56. The van der Waals surface area contributed by atoms with E-state index in [9.17, 15) is 43.2 Å². The Hall–Kier alpha value is -8.04. The van der Waals surface area contributed by atoms with Crippen molar-refractivity contribution in [3.8, 4) is 0 Å². The minimum Gasteiger partial charge on any atom is -0.444 e. The lowest BCUT2D eigenvalue weighted by Gasteiger charge is -2.30. The van der Waals surface area contributed by atoms with Crippen molar-refractivity contribution in [2.45, 2.75) is 122 Å². The Morgan fingerprint density at radius 1 is 0.750 bits per heavy atom. The number of hydrogen-bond donors (Lipinski definition) is 6. The predicted octanol–water partition coefficient (Wildman–Crippen LogP) is 4.01. The number of carbonyl (C=O) groups is 9. The molecule has 72 heavy (non-hydrogen) atoms. The first kappa shape index (κ1) is 54.9. The maximum atomic E-state index is 14.1. The molecule has 0 aromatic heterocycles. The van der Waals surface area contributed by atoms with Gasteiger partial charge in [0.2, 0.25) is 35.9 Å². The number of fused-ring (bicyclic) bond motifs is 2. The van der Waals surface area contributed by atoms with Crippen LogP contribution in [0.25, 0.3) is 0 Å². The lowest BCUT2D eigenvalue weighted by molar-refractivity contribution is -0.170. The summed E-state index contributed by atoms with van der Waals surface area (Å²) in [5.74, 6) is -5.12. The highest BCUT2D eigenvalue weighted by molar-refractivity contribution is 6.01. The number of rotatable bonds is 14. The average molecular weight is 999 g/mol.